The number of carboxylic acid groups (broad SMARTS) is 1. The van der Waals surface area contributed by atoms with Gasteiger partial charge in [0.15, 0.2) is 0 Å². The number of carboxylic acids is 1. The number of phenolic OH excluding ortho intramolecular Hbond substituents is 1. The quantitative estimate of drug-likeness (QED) is 0.778. The number of aromatic hydroxyl groups is 1. The van der Waals surface area contributed by atoms with Gasteiger partial charge in [0.2, 0.25) is 0 Å². The first-order valence-electron chi connectivity index (χ1n) is 6.88. The van der Waals surface area contributed by atoms with E-state index in [2.05, 4.69) is 0 Å². The minimum absolute atomic E-state index is 0.301. The Hall–Kier alpha value is -1.55. The van der Waals surface area contributed by atoms with Crippen molar-refractivity contribution in [2.24, 2.45) is 5.73 Å². The Balaban J connectivity index is 2.16. The van der Waals surface area contributed by atoms with E-state index in [0.717, 1.165) is 24.0 Å². The molecular weight excluding hydrogens is 242 g/mol. The Morgan fingerprint density at radius 1 is 1.32 bits per heavy atom. The van der Waals surface area contributed by atoms with Gasteiger partial charge < -0.3 is 15.9 Å². The molecule has 1 aromatic rings. The van der Waals surface area contributed by atoms with Gasteiger partial charge in [0.1, 0.15) is 11.8 Å². The first-order chi connectivity index (χ1) is 9.08. The molecule has 1 aliphatic rings. The van der Waals surface area contributed by atoms with Gasteiger partial charge in [-0.25, -0.2) is 0 Å². The molecule has 0 bridgehead atoms. The van der Waals surface area contributed by atoms with Crippen molar-refractivity contribution in [1.29, 1.82) is 0 Å². The van der Waals surface area contributed by atoms with Crippen LogP contribution in [0.3, 0.4) is 0 Å². The normalized spacial score (nSPS) is 18.2. The molecule has 4 N–H and O–H groups in total. The van der Waals surface area contributed by atoms with Gasteiger partial charge in [-0.3, -0.25) is 4.79 Å². The first-order valence-corrected chi connectivity index (χ1v) is 6.88. The van der Waals surface area contributed by atoms with Gasteiger partial charge in [0.05, 0.1) is 0 Å². The molecule has 4 nitrogen and oxygen atoms in total. The van der Waals surface area contributed by atoms with Crippen LogP contribution in [0.1, 0.15) is 49.1 Å². The highest BCUT2D eigenvalue weighted by molar-refractivity contribution is 5.73. The van der Waals surface area contributed by atoms with Crippen LogP contribution >= 0.6 is 0 Å². The van der Waals surface area contributed by atoms with Crippen molar-refractivity contribution in [3.63, 3.8) is 0 Å². The van der Waals surface area contributed by atoms with Crippen LogP contribution in [0.25, 0.3) is 0 Å². The van der Waals surface area contributed by atoms with E-state index in [1.54, 1.807) is 12.1 Å². The summed E-state index contributed by atoms with van der Waals surface area (Å²) in [6, 6.07) is 4.45. The van der Waals surface area contributed by atoms with Crippen molar-refractivity contribution >= 4 is 5.97 Å². The number of carbonyl (C=O) groups is 1. The average molecular weight is 263 g/mol. The molecule has 0 heterocycles. The van der Waals surface area contributed by atoms with Gasteiger partial charge in [-0.2, -0.15) is 0 Å². The number of phenols is 1. The summed E-state index contributed by atoms with van der Waals surface area (Å²) in [5.74, 6) is -0.276. The van der Waals surface area contributed by atoms with Crippen LogP contribution in [0.5, 0.6) is 5.75 Å². The summed E-state index contributed by atoms with van der Waals surface area (Å²) >= 11 is 0. The third kappa shape index (κ3) is 3.47. The molecule has 0 spiro atoms. The zero-order valence-electron chi connectivity index (χ0n) is 11.0. The zero-order chi connectivity index (χ0) is 13.8. The molecular formula is C15H21NO3. The van der Waals surface area contributed by atoms with Crippen LogP contribution in [0.15, 0.2) is 18.2 Å². The Labute approximate surface area is 113 Å². The minimum atomic E-state index is -0.993. The Bertz CT molecular complexity index is 453. The molecule has 2 rings (SSSR count). The van der Waals surface area contributed by atoms with E-state index in [4.69, 9.17) is 10.8 Å². The fraction of sp³-hybridized carbons (Fsp3) is 0.533. The molecule has 0 radical (unpaired) electrons. The molecule has 19 heavy (non-hydrogen) atoms. The van der Waals surface area contributed by atoms with Crippen molar-refractivity contribution < 1.29 is 15.0 Å². The number of rotatable bonds is 4. The van der Waals surface area contributed by atoms with Crippen LogP contribution in [0.2, 0.25) is 0 Å². The summed E-state index contributed by atoms with van der Waals surface area (Å²) < 4.78 is 0. The van der Waals surface area contributed by atoms with Gasteiger partial charge in [-0.1, -0.05) is 31.4 Å². The van der Waals surface area contributed by atoms with Crippen molar-refractivity contribution in [2.45, 2.75) is 50.5 Å². The number of hydrogen-bond acceptors (Lipinski definition) is 3. The number of aliphatic carboxylic acids is 1. The number of nitrogens with two attached hydrogens (primary N) is 1. The van der Waals surface area contributed by atoms with Gasteiger partial charge in [0.25, 0.3) is 0 Å². The molecule has 4 heteroatoms. The van der Waals surface area contributed by atoms with Crippen LogP contribution < -0.4 is 5.73 Å². The van der Waals surface area contributed by atoms with Gasteiger partial charge in [-0.05, 0) is 42.4 Å². The summed E-state index contributed by atoms with van der Waals surface area (Å²) in [5, 5.41) is 18.8. The topological polar surface area (TPSA) is 83.5 Å². The standard InChI is InChI=1S/C15H21NO3/c16-13(15(18)19)9-10-6-7-14(17)12(8-10)11-4-2-1-3-5-11/h6-8,11,13,17H,1-5,9,16H2,(H,18,19)/t13-/m0/s1. The van der Waals surface area contributed by atoms with E-state index in [1.165, 1.54) is 19.3 Å². The first kappa shape index (κ1) is 13.9. The second-order valence-electron chi connectivity index (χ2n) is 5.38. The number of benzene rings is 1. The van der Waals surface area contributed by atoms with Crippen LogP contribution in [0.4, 0.5) is 0 Å². The summed E-state index contributed by atoms with van der Waals surface area (Å²) in [5.41, 5.74) is 7.39. The van der Waals surface area contributed by atoms with Gasteiger partial charge in [-0.15, -0.1) is 0 Å². The number of hydrogen-bond donors (Lipinski definition) is 3. The Kier molecular flexibility index (Phi) is 4.43. The lowest BCUT2D eigenvalue weighted by Gasteiger charge is -2.23. The second-order valence-corrected chi connectivity index (χ2v) is 5.38. The van der Waals surface area contributed by atoms with E-state index >= 15 is 0 Å². The summed E-state index contributed by atoms with van der Waals surface area (Å²) in [6.07, 6.45) is 6.16. The van der Waals surface area contributed by atoms with E-state index in [-0.39, 0.29) is 0 Å². The maximum absolute atomic E-state index is 10.8. The van der Waals surface area contributed by atoms with E-state index in [1.807, 2.05) is 6.07 Å². The molecule has 1 fully saturated rings. The third-order valence-corrected chi connectivity index (χ3v) is 3.91. The fourth-order valence-corrected chi connectivity index (χ4v) is 2.81. The maximum atomic E-state index is 10.8. The highest BCUT2D eigenvalue weighted by atomic mass is 16.4. The molecule has 104 valence electrons. The monoisotopic (exact) mass is 263 g/mol. The predicted octanol–water partition coefficient (Wildman–Crippen LogP) is 2.39. The van der Waals surface area contributed by atoms with E-state index < -0.39 is 12.0 Å². The average Bonchev–Trinajstić information content (AvgIpc) is 2.41. The van der Waals surface area contributed by atoms with Crippen LogP contribution in [0, 0.1) is 0 Å². The summed E-state index contributed by atoms with van der Waals surface area (Å²) in [6.45, 7) is 0. The lowest BCUT2D eigenvalue weighted by atomic mass is 9.83. The van der Waals surface area contributed by atoms with Crippen molar-refractivity contribution in [1.82, 2.24) is 0 Å². The molecule has 0 aliphatic heterocycles. The van der Waals surface area contributed by atoms with Crippen LogP contribution in [-0.4, -0.2) is 22.2 Å². The molecule has 0 aromatic heterocycles. The highest BCUT2D eigenvalue weighted by Crippen LogP contribution is 2.37. The third-order valence-electron chi connectivity index (χ3n) is 3.91. The molecule has 1 aromatic carbocycles. The van der Waals surface area contributed by atoms with E-state index in [9.17, 15) is 9.90 Å². The smallest absolute Gasteiger partial charge is 0.320 e. The molecule has 1 saturated carbocycles. The Morgan fingerprint density at radius 3 is 2.63 bits per heavy atom. The maximum Gasteiger partial charge on any atom is 0.320 e. The van der Waals surface area contributed by atoms with E-state index in [0.29, 0.717) is 18.1 Å². The Morgan fingerprint density at radius 2 is 2.00 bits per heavy atom. The van der Waals surface area contributed by atoms with Crippen LogP contribution in [-0.2, 0) is 11.2 Å². The molecule has 0 unspecified atom stereocenters. The molecule has 0 amide bonds. The SMILES string of the molecule is N[C@@H](Cc1ccc(O)c(C2CCCCC2)c1)C(=O)O. The summed E-state index contributed by atoms with van der Waals surface area (Å²) in [4.78, 5) is 10.8. The van der Waals surface area contributed by atoms with Crippen molar-refractivity contribution in [3.05, 3.63) is 29.3 Å². The molecule has 1 aliphatic carbocycles. The molecule has 0 saturated heterocycles. The lowest BCUT2D eigenvalue weighted by molar-refractivity contribution is -0.138. The van der Waals surface area contributed by atoms with Gasteiger partial charge >= 0.3 is 5.97 Å². The van der Waals surface area contributed by atoms with Crippen molar-refractivity contribution in [3.8, 4) is 5.75 Å². The summed E-state index contributed by atoms with van der Waals surface area (Å²) in [7, 11) is 0. The van der Waals surface area contributed by atoms with Gasteiger partial charge in [0, 0.05) is 0 Å². The lowest BCUT2D eigenvalue weighted by Crippen LogP contribution is -2.32. The minimum Gasteiger partial charge on any atom is -0.508 e. The highest BCUT2D eigenvalue weighted by Gasteiger charge is 2.20. The van der Waals surface area contributed by atoms with Crippen molar-refractivity contribution in [2.75, 3.05) is 0 Å². The fourth-order valence-electron chi connectivity index (χ4n) is 2.81. The largest absolute Gasteiger partial charge is 0.508 e. The molecule has 1 atom stereocenters. The second kappa shape index (κ2) is 6.06. The zero-order valence-corrected chi connectivity index (χ0v) is 11.0. The predicted molar refractivity (Wildman–Crippen MR) is 73.2 cm³/mol.